The van der Waals surface area contributed by atoms with E-state index in [-0.39, 0.29) is 16.6 Å². The van der Waals surface area contributed by atoms with E-state index in [1.807, 2.05) is 47.9 Å². The van der Waals surface area contributed by atoms with Gasteiger partial charge in [0.1, 0.15) is 23.2 Å². The molecule has 0 amide bonds. The Bertz CT molecular complexity index is 1370. The zero-order chi connectivity index (χ0) is 24.9. The normalized spacial score (nSPS) is 12.0. The van der Waals surface area contributed by atoms with Gasteiger partial charge in [-0.05, 0) is 30.7 Å². The van der Waals surface area contributed by atoms with E-state index in [1.54, 1.807) is 30.2 Å². The number of rotatable bonds is 10. The van der Waals surface area contributed by atoms with Crippen LogP contribution in [0.1, 0.15) is 40.2 Å². The molecule has 1 N–H and O–H groups in total. The van der Waals surface area contributed by atoms with Gasteiger partial charge in [0.05, 0.1) is 24.6 Å². The molecule has 10 heteroatoms. The van der Waals surface area contributed by atoms with Gasteiger partial charge in [0.15, 0.2) is 4.88 Å². The number of halogens is 1. The minimum Gasteiger partial charge on any atom is -0.484 e. The Hall–Kier alpha value is -3.01. The fourth-order valence-electron chi connectivity index (χ4n) is 3.54. The number of imidazole rings is 1. The maximum Gasteiger partial charge on any atom is 0.349 e. The predicted octanol–water partition coefficient (Wildman–Crippen LogP) is 6.37. The maximum atomic E-state index is 12.0. The van der Waals surface area contributed by atoms with Crippen LogP contribution in [-0.2, 0) is 15.3 Å². The van der Waals surface area contributed by atoms with Crippen LogP contribution >= 0.6 is 34.7 Å². The van der Waals surface area contributed by atoms with E-state index in [0.29, 0.717) is 22.2 Å². The molecule has 2 heterocycles. The van der Waals surface area contributed by atoms with Crippen molar-refractivity contribution in [3.05, 3.63) is 75.9 Å². The van der Waals surface area contributed by atoms with Crippen LogP contribution in [0.25, 0.3) is 16.0 Å². The molecule has 0 bridgehead atoms. The van der Waals surface area contributed by atoms with Crippen molar-refractivity contribution in [2.24, 2.45) is 0 Å². The number of aromatic carboxylic acids is 1. The largest absolute Gasteiger partial charge is 0.484 e. The summed E-state index contributed by atoms with van der Waals surface area (Å²) in [5.41, 5.74) is 3.51. The Labute approximate surface area is 215 Å². The molecule has 2 aromatic heterocycles. The van der Waals surface area contributed by atoms with Gasteiger partial charge in [0.25, 0.3) is 0 Å². The second kappa shape index (κ2) is 11.2. The fraction of sp³-hybridized carbons (Fsp3) is 0.240. The summed E-state index contributed by atoms with van der Waals surface area (Å²) in [5.74, 6) is 0.393. The van der Waals surface area contributed by atoms with Crippen LogP contribution in [-0.4, -0.2) is 39.5 Å². The molecule has 0 aliphatic carbocycles. The molecular formula is C25H23ClN2O5S2. The third-order valence-electron chi connectivity index (χ3n) is 5.32. The van der Waals surface area contributed by atoms with Crippen molar-refractivity contribution in [1.29, 1.82) is 0 Å². The van der Waals surface area contributed by atoms with Crippen LogP contribution < -0.4 is 4.74 Å². The minimum absolute atomic E-state index is 0.107. The van der Waals surface area contributed by atoms with Crippen molar-refractivity contribution in [2.75, 3.05) is 12.9 Å². The Balaban J connectivity index is 1.59. The smallest absolute Gasteiger partial charge is 0.349 e. The fourth-order valence-corrected chi connectivity index (χ4v) is 5.62. The summed E-state index contributed by atoms with van der Waals surface area (Å²) in [4.78, 5) is 27.8. The number of hydrogen-bond donors (Lipinski definition) is 1. The Kier molecular flexibility index (Phi) is 8.00. The molecule has 4 aromatic rings. The number of carboxylic acid groups (broad SMARTS) is 1. The molecule has 0 spiro atoms. The van der Waals surface area contributed by atoms with Gasteiger partial charge in [0.2, 0.25) is 0 Å². The lowest BCUT2D eigenvalue weighted by Crippen LogP contribution is -2.06. The number of thiophene rings is 1. The van der Waals surface area contributed by atoms with Crippen LogP contribution in [0.3, 0.4) is 0 Å². The average molecular weight is 531 g/mol. The first kappa shape index (κ1) is 25.1. The molecule has 182 valence electrons. The molecule has 0 saturated heterocycles. The quantitative estimate of drug-likeness (QED) is 0.188. The minimum atomic E-state index is -1.06. The molecule has 1 atom stereocenters. The average Bonchev–Trinajstić information content (AvgIpc) is 3.45. The summed E-state index contributed by atoms with van der Waals surface area (Å²) < 4.78 is 12.6. The summed E-state index contributed by atoms with van der Waals surface area (Å²) in [5, 5.41) is 11.0. The number of carbonyl (C=O) groups excluding carboxylic acids is 1. The molecule has 35 heavy (non-hydrogen) atoms. The zero-order valence-electron chi connectivity index (χ0n) is 19.1. The number of aromatic nitrogens is 2. The van der Waals surface area contributed by atoms with Crippen molar-refractivity contribution in [3.63, 3.8) is 0 Å². The molecule has 0 radical (unpaired) electrons. The van der Waals surface area contributed by atoms with E-state index < -0.39 is 12.1 Å². The number of carboxylic acids is 1. The Morgan fingerprint density at radius 1 is 1.23 bits per heavy atom. The maximum absolute atomic E-state index is 12.0. The number of hydrogen-bond acceptors (Lipinski definition) is 7. The summed E-state index contributed by atoms with van der Waals surface area (Å²) in [7, 11) is 1.39. The molecule has 0 aliphatic rings. The van der Waals surface area contributed by atoms with E-state index in [0.717, 1.165) is 39.2 Å². The lowest BCUT2D eigenvalue weighted by atomic mass is 10.1. The van der Waals surface area contributed by atoms with Crippen molar-refractivity contribution in [3.8, 4) is 10.8 Å². The third kappa shape index (κ3) is 5.80. The summed E-state index contributed by atoms with van der Waals surface area (Å²) in [6.07, 6.45) is 1.61. The molecule has 0 saturated carbocycles. The zero-order valence-corrected chi connectivity index (χ0v) is 21.5. The number of methoxy groups -OCH3 is 1. The summed E-state index contributed by atoms with van der Waals surface area (Å²) in [6, 6.07) is 15.0. The van der Waals surface area contributed by atoms with E-state index >= 15 is 0 Å². The highest BCUT2D eigenvalue weighted by molar-refractivity contribution is 7.98. The number of fused-ring (bicyclic) bond motifs is 1. The number of esters is 1. The van der Waals surface area contributed by atoms with Crippen molar-refractivity contribution in [1.82, 2.24) is 9.55 Å². The van der Waals surface area contributed by atoms with Crippen LogP contribution in [0.2, 0.25) is 5.02 Å². The number of carbonyl (C=O) groups is 2. The highest BCUT2D eigenvalue weighted by Gasteiger charge is 2.22. The number of benzene rings is 2. The molecule has 7 nitrogen and oxygen atoms in total. The van der Waals surface area contributed by atoms with Crippen molar-refractivity contribution < 1.29 is 24.2 Å². The van der Waals surface area contributed by atoms with Gasteiger partial charge in [-0.3, -0.25) is 9.36 Å². The van der Waals surface area contributed by atoms with Gasteiger partial charge in [-0.25, -0.2) is 9.78 Å². The monoisotopic (exact) mass is 530 g/mol. The Morgan fingerprint density at radius 3 is 2.77 bits per heavy atom. The van der Waals surface area contributed by atoms with Crippen LogP contribution in [0.4, 0.5) is 0 Å². The van der Waals surface area contributed by atoms with Crippen LogP contribution in [0.5, 0.6) is 5.75 Å². The second-order valence-electron chi connectivity index (χ2n) is 7.68. The highest BCUT2D eigenvalue weighted by Crippen LogP contribution is 2.37. The van der Waals surface area contributed by atoms with Gasteiger partial charge in [-0.2, -0.15) is 11.8 Å². The van der Waals surface area contributed by atoms with Gasteiger partial charge in [-0.1, -0.05) is 35.9 Å². The van der Waals surface area contributed by atoms with E-state index in [4.69, 9.17) is 16.3 Å². The standard InChI is InChI=1S/C25H23ClN2O5S2/c1-15(17-5-3-4-6-18(17)26)33-21-12-22(35-24(21)25(30)31)28-14-27-19-8-7-16(11-20(19)28)13-34-10-9-23(29)32-2/h3-8,11-12,14-15H,9-10,13H2,1-2H3,(H,30,31)/t15-/m1/s1. The first-order valence-electron chi connectivity index (χ1n) is 10.8. The van der Waals surface area contributed by atoms with E-state index in [2.05, 4.69) is 9.72 Å². The molecule has 0 unspecified atom stereocenters. The van der Waals surface area contributed by atoms with Crippen LogP contribution in [0.15, 0.2) is 54.9 Å². The van der Waals surface area contributed by atoms with E-state index in [9.17, 15) is 14.7 Å². The van der Waals surface area contributed by atoms with Gasteiger partial charge < -0.3 is 14.6 Å². The first-order chi connectivity index (χ1) is 16.9. The first-order valence-corrected chi connectivity index (χ1v) is 13.1. The lowest BCUT2D eigenvalue weighted by Gasteiger charge is -2.15. The summed E-state index contributed by atoms with van der Waals surface area (Å²) >= 11 is 9.06. The third-order valence-corrected chi connectivity index (χ3v) is 7.80. The lowest BCUT2D eigenvalue weighted by molar-refractivity contribution is -0.140. The van der Waals surface area contributed by atoms with Crippen molar-refractivity contribution in [2.45, 2.75) is 25.2 Å². The van der Waals surface area contributed by atoms with Crippen LogP contribution in [0, 0.1) is 0 Å². The number of nitrogens with zero attached hydrogens (tertiary/aromatic N) is 2. The molecular weight excluding hydrogens is 508 g/mol. The van der Waals surface area contributed by atoms with Gasteiger partial charge in [-0.15, -0.1) is 11.3 Å². The van der Waals surface area contributed by atoms with E-state index in [1.165, 1.54) is 7.11 Å². The topological polar surface area (TPSA) is 90.6 Å². The molecule has 4 rings (SSSR count). The SMILES string of the molecule is COC(=O)CCSCc1ccc2ncn(-c3cc(O[C@H](C)c4ccccc4Cl)c(C(=O)O)s3)c2c1. The van der Waals surface area contributed by atoms with Crippen molar-refractivity contribution >= 4 is 57.7 Å². The van der Waals surface area contributed by atoms with Gasteiger partial charge in [0, 0.05) is 28.2 Å². The summed E-state index contributed by atoms with van der Waals surface area (Å²) in [6.45, 7) is 1.83. The highest BCUT2D eigenvalue weighted by atomic mass is 35.5. The molecule has 2 aromatic carbocycles. The van der Waals surface area contributed by atoms with Gasteiger partial charge >= 0.3 is 11.9 Å². The molecule has 0 aliphatic heterocycles. The number of thioether (sulfide) groups is 1. The molecule has 0 fully saturated rings. The number of ether oxygens (including phenoxy) is 2. The predicted molar refractivity (Wildman–Crippen MR) is 139 cm³/mol. The Morgan fingerprint density at radius 2 is 2.03 bits per heavy atom. The second-order valence-corrected chi connectivity index (χ2v) is 10.2.